The highest BCUT2D eigenvalue weighted by molar-refractivity contribution is 4.43. The van der Waals surface area contributed by atoms with Crippen molar-refractivity contribution in [3.63, 3.8) is 0 Å². The molecule has 0 aliphatic carbocycles. The van der Waals surface area contributed by atoms with Gasteiger partial charge in [-0.15, -0.1) is 13.2 Å². The third-order valence-corrected chi connectivity index (χ3v) is 0.444. The molecule has 1 unspecified atom stereocenters. The van der Waals surface area contributed by atoms with Gasteiger partial charge in [0.15, 0.2) is 0 Å². The fraction of sp³-hybridized carbons (Fsp3) is 1.00. The molecular weight excluding hydrogens is 166 g/mol. The van der Waals surface area contributed by atoms with Crippen LogP contribution in [0.15, 0.2) is 0 Å². The van der Waals surface area contributed by atoms with Crippen molar-refractivity contribution < 1.29 is 31.1 Å². The third-order valence-electron chi connectivity index (χ3n) is 0.444. The number of halogens is 6. The Labute approximate surface area is 51.6 Å². The van der Waals surface area contributed by atoms with Crippen molar-refractivity contribution in [1.29, 1.82) is 0 Å². The van der Waals surface area contributed by atoms with Crippen LogP contribution in [0.3, 0.4) is 0 Å². The molecule has 7 heteroatoms. The summed E-state index contributed by atoms with van der Waals surface area (Å²) in [6.45, 7) is 0. The van der Waals surface area contributed by atoms with Gasteiger partial charge in [-0.2, -0.15) is 0 Å². The van der Waals surface area contributed by atoms with Crippen LogP contribution in [-0.4, -0.2) is 19.1 Å². The van der Waals surface area contributed by atoms with Crippen molar-refractivity contribution in [2.24, 2.45) is 0 Å². The SMILES string of the molecule is FC(F)C(F)OC(F)(F)F. The van der Waals surface area contributed by atoms with E-state index in [4.69, 9.17) is 0 Å². The van der Waals surface area contributed by atoms with E-state index in [-0.39, 0.29) is 0 Å². The van der Waals surface area contributed by atoms with Crippen molar-refractivity contribution >= 4 is 0 Å². The van der Waals surface area contributed by atoms with E-state index in [0.29, 0.717) is 0 Å². The van der Waals surface area contributed by atoms with Gasteiger partial charge < -0.3 is 0 Å². The van der Waals surface area contributed by atoms with Crippen molar-refractivity contribution in [2.75, 3.05) is 0 Å². The predicted molar refractivity (Wildman–Crippen MR) is 18.0 cm³/mol. The summed E-state index contributed by atoms with van der Waals surface area (Å²) in [4.78, 5) is 0. The molecule has 0 aromatic heterocycles. The van der Waals surface area contributed by atoms with Crippen LogP contribution >= 0.6 is 0 Å². The molecule has 0 saturated carbocycles. The van der Waals surface area contributed by atoms with E-state index in [1.165, 1.54) is 0 Å². The van der Waals surface area contributed by atoms with Crippen LogP contribution in [-0.2, 0) is 4.74 Å². The van der Waals surface area contributed by atoms with Gasteiger partial charge in [0, 0.05) is 0 Å². The molecule has 1 atom stereocenters. The fourth-order valence-corrected chi connectivity index (χ4v) is 0.179. The van der Waals surface area contributed by atoms with Gasteiger partial charge in [0.25, 0.3) is 12.8 Å². The summed E-state index contributed by atoms with van der Waals surface area (Å²) in [6.07, 6.45) is -12.7. The second-order valence-corrected chi connectivity index (χ2v) is 1.25. The first-order valence-electron chi connectivity index (χ1n) is 1.99. The van der Waals surface area contributed by atoms with E-state index >= 15 is 0 Å². The highest BCUT2D eigenvalue weighted by Gasteiger charge is 2.37. The quantitative estimate of drug-likeness (QED) is 0.573. The van der Waals surface area contributed by atoms with Crippen LogP contribution in [0.2, 0.25) is 0 Å². The summed E-state index contributed by atoms with van der Waals surface area (Å²) in [6, 6.07) is 0. The zero-order valence-electron chi connectivity index (χ0n) is 4.33. The second kappa shape index (κ2) is 3.09. The molecule has 0 aromatic carbocycles. The first kappa shape index (κ1) is 9.54. The van der Waals surface area contributed by atoms with Crippen LogP contribution in [0.1, 0.15) is 0 Å². The van der Waals surface area contributed by atoms with Gasteiger partial charge in [-0.25, -0.2) is 13.2 Å². The Morgan fingerprint density at radius 1 is 1.00 bits per heavy atom. The highest BCUT2D eigenvalue weighted by Crippen LogP contribution is 2.22. The van der Waals surface area contributed by atoms with E-state index in [2.05, 4.69) is 4.74 Å². The molecule has 0 aliphatic heterocycles. The molecule has 0 N–H and O–H groups in total. The van der Waals surface area contributed by atoms with Crippen LogP contribution in [0.25, 0.3) is 0 Å². The molecule has 0 bridgehead atoms. The molecular formula is C3H2F6O. The zero-order valence-corrected chi connectivity index (χ0v) is 4.33. The Bertz CT molecular complexity index is 97.7. The lowest BCUT2D eigenvalue weighted by Crippen LogP contribution is -2.25. The number of alkyl halides is 6. The van der Waals surface area contributed by atoms with Crippen LogP contribution in [0.5, 0.6) is 0 Å². The van der Waals surface area contributed by atoms with Gasteiger partial charge in [-0.1, -0.05) is 0 Å². The minimum atomic E-state index is -5.35. The number of rotatable bonds is 2. The van der Waals surface area contributed by atoms with Crippen LogP contribution in [0, 0.1) is 0 Å². The van der Waals surface area contributed by atoms with Gasteiger partial charge in [-0.3, -0.25) is 4.74 Å². The second-order valence-electron chi connectivity index (χ2n) is 1.25. The average Bonchev–Trinajstić information content (AvgIpc) is 1.60. The van der Waals surface area contributed by atoms with Gasteiger partial charge >= 0.3 is 6.36 Å². The maximum Gasteiger partial charge on any atom is 0.525 e. The first-order valence-corrected chi connectivity index (χ1v) is 1.99. The normalized spacial score (nSPS) is 15.9. The number of ether oxygens (including phenoxy) is 1. The lowest BCUT2D eigenvalue weighted by molar-refractivity contribution is -0.373. The summed E-state index contributed by atoms with van der Waals surface area (Å²) in [5.41, 5.74) is 0. The largest absolute Gasteiger partial charge is 0.525 e. The van der Waals surface area contributed by atoms with Crippen molar-refractivity contribution in [1.82, 2.24) is 0 Å². The summed E-state index contributed by atoms with van der Waals surface area (Å²) in [5, 5.41) is 0. The van der Waals surface area contributed by atoms with E-state index in [9.17, 15) is 26.3 Å². The van der Waals surface area contributed by atoms with E-state index in [0.717, 1.165) is 0 Å². The lowest BCUT2D eigenvalue weighted by atomic mass is 10.7. The molecule has 0 spiro atoms. The molecule has 1 nitrogen and oxygen atoms in total. The predicted octanol–water partition coefficient (Wildman–Crippen LogP) is 2.08. The van der Waals surface area contributed by atoms with Gasteiger partial charge in [0.05, 0.1) is 0 Å². The van der Waals surface area contributed by atoms with Crippen molar-refractivity contribution in [3.05, 3.63) is 0 Å². The molecule has 0 aromatic rings. The highest BCUT2D eigenvalue weighted by atomic mass is 19.4. The molecule has 0 saturated heterocycles. The third kappa shape index (κ3) is 4.42. The Morgan fingerprint density at radius 3 is 1.50 bits per heavy atom. The Balaban J connectivity index is 3.68. The fourth-order valence-electron chi connectivity index (χ4n) is 0.179. The summed E-state index contributed by atoms with van der Waals surface area (Å²) >= 11 is 0. The maximum absolute atomic E-state index is 11.3. The van der Waals surface area contributed by atoms with Gasteiger partial charge in [0.2, 0.25) is 0 Å². The number of hydrogen-bond donors (Lipinski definition) is 0. The Morgan fingerprint density at radius 2 is 1.40 bits per heavy atom. The zero-order chi connectivity index (χ0) is 8.36. The molecule has 0 rings (SSSR count). The first-order chi connectivity index (χ1) is 4.33. The monoisotopic (exact) mass is 168 g/mol. The van der Waals surface area contributed by atoms with E-state index in [1.54, 1.807) is 0 Å². The Hall–Kier alpha value is -0.460. The average molecular weight is 168 g/mol. The number of hydrogen-bond acceptors (Lipinski definition) is 1. The standard InChI is InChI=1S/C3H2F6O/c4-1(5)2(6)10-3(7,8)9/h1-2H. The van der Waals surface area contributed by atoms with Gasteiger partial charge in [-0.05, 0) is 0 Å². The van der Waals surface area contributed by atoms with Crippen molar-refractivity contribution in [3.8, 4) is 0 Å². The summed E-state index contributed by atoms with van der Waals surface area (Å²) < 4.78 is 68.1. The molecule has 10 heavy (non-hydrogen) atoms. The molecule has 0 fully saturated rings. The van der Waals surface area contributed by atoms with Crippen LogP contribution < -0.4 is 0 Å². The lowest BCUT2D eigenvalue weighted by Gasteiger charge is -2.09. The minimum absolute atomic E-state index is 2.28. The van der Waals surface area contributed by atoms with E-state index in [1.807, 2.05) is 0 Å². The molecule has 0 amide bonds. The summed E-state index contributed by atoms with van der Waals surface area (Å²) in [7, 11) is 0. The van der Waals surface area contributed by atoms with Gasteiger partial charge in [0.1, 0.15) is 0 Å². The molecule has 0 radical (unpaired) electrons. The van der Waals surface area contributed by atoms with E-state index < -0.39 is 19.1 Å². The molecule has 62 valence electrons. The minimum Gasteiger partial charge on any atom is -0.251 e. The molecule has 0 aliphatic rings. The summed E-state index contributed by atoms with van der Waals surface area (Å²) in [5.74, 6) is 0. The topological polar surface area (TPSA) is 9.23 Å². The smallest absolute Gasteiger partial charge is 0.251 e. The maximum atomic E-state index is 11.3. The Kier molecular flexibility index (Phi) is 2.95. The molecule has 0 heterocycles. The van der Waals surface area contributed by atoms with Crippen molar-refractivity contribution in [2.45, 2.75) is 19.1 Å². The van der Waals surface area contributed by atoms with Crippen LogP contribution in [0.4, 0.5) is 26.3 Å².